The molecular formula is C10H22N2O. The Bertz CT molecular complexity index is 159. The highest BCUT2D eigenvalue weighted by Gasteiger charge is 2.26. The Kier molecular flexibility index (Phi) is 3.71. The lowest BCUT2D eigenvalue weighted by Crippen LogP contribution is -2.48. The van der Waals surface area contributed by atoms with Gasteiger partial charge in [-0.2, -0.15) is 0 Å². The molecule has 0 amide bonds. The van der Waals surface area contributed by atoms with Gasteiger partial charge in [0.1, 0.15) is 0 Å². The first-order chi connectivity index (χ1) is 6.06. The Labute approximate surface area is 81.3 Å². The van der Waals surface area contributed by atoms with E-state index >= 15 is 0 Å². The van der Waals surface area contributed by atoms with E-state index in [0.717, 1.165) is 19.6 Å². The summed E-state index contributed by atoms with van der Waals surface area (Å²) in [6, 6.07) is 0. The van der Waals surface area contributed by atoms with Crippen LogP contribution in [0.2, 0.25) is 0 Å². The van der Waals surface area contributed by atoms with Gasteiger partial charge in [0, 0.05) is 25.2 Å². The van der Waals surface area contributed by atoms with Crippen molar-refractivity contribution in [2.24, 2.45) is 0 Å². The van der Waals surface area contributed by atoms with Crippen LogP contribution in [0.3, 0.4) is 0 Å². The van der Waals surface area contributed by atoms with Crippen molar-refractivity contribution < 1.29 is 5.11 Å². The molecule has 0 atom stereocenters. The lowest BCUT2D eigenvalue weighted by Gasteiger charge is -2.36. The normalized spacial score (nSPS) is 23.1. The van der Waals surface area contributed by atoms with Crippen LogP contribution in [0.1, 0.15) is 20.3 Å². The van der Waals surface area contributed by atoms with Crippen LogP contribution in [0.4, 0.5) is 0 Å². The predicted molar refractivity (Wildman–Crippen MR) is 54.9 cm³/mol. The Balaban J connectivity index is 2.50. The first kappa shape index (κ1) is 11.0. The largest absolute Gasteiger partial charge is 0.394 e. The Morgan fingerprint density at radius 1 is 1.15 bits per heavy atom. The monoisotopic (exact) mass is 186 g/mol. The Hall–Kier alpha value is -0.120. The third-order valence-corrected chi connectivity index (χ3v) is 2.96. The maximum absolute atomic E-state index is 9.25. The molecule has 0 aliphatic carbocycles. The fraction of sp³-hybridized carbons (Fsp3) is 1.00. The van der Waals surface area contributed by atoms with Gasteiger partial charge in [-0.3, -0.25) is 4.90 Å². The van der Waals surface area contributed by atoms with Gasteiger partial charge in [-0.15, -0.1) is 0 Å². The molecule has 0 saturated carbocycles. The number of aliphatic hydroxyl groups is 1. The summed E-state index contributed by atoms with van der Waals surface area (Å²) in [6.45, 7) is 8.94. The van der Waals surface area contributed by atoms with Crippen LogP contribution in [-0.2, 0) is 0 Å². The van der Waals surface area contributed by atoms with Gasteiger partial charge in [0.2, 0.25) is 0 Å². The minimum absolute atomic E-state index is 0.0504. The average Bonchev–Trinajstić information content (AvgIpc) is 2.30. The molecule has 13 heavy (non-hydrogen) atoms. The number of rotatable bonds is 2. The highest BCUT2D eigenvalue weighted by atomic mass is 16.3. The zero-order valence-corrected chi connectivity index (χ0v) is 9.08. The van der Waals surface area contributed by atoms with Crippen LogP contribution in [0.25, 0.3) is 0 Å². The molecule has 1 aliphatic heterocycles. The van der Waals surface area contributed by atoms with E-state index in [9.17, 15) is 5.11 Å². The molecule has 1 N–H and O–H groups in total. The molecule has 1 saturated heterocycles. The van der Waals surface area contributed by atoms with E-state index in [1.54, 1.807) is 0 Å². The van der Waals surface area contributed by atoms with Crippen molar-refractivity contribution >= 4 is 0 Å². The number of nitrogens with zero attached hydrogens (tertiary/aromatic N) is 2. The average molecular weight is 186 g/mol. The molecule has 3 nitrogen and oxygen atoms in total. The van der Waals surface area contributed by atoms with Crippen molar-refractivity contribution in [3.63, 3.8) is 0 Å². The minimum atomic E-state index is -0.0504. The first-order valence-electron chi connectivity index (χ1n) is 5.11. The molecule has 3 heteroatoms. The Morgan fingerprint density at radius 3 is 2.46 bits per heavy atom. The summed E-state index contributed by atoms with van der Waals surface area (Å²) in [5.41, 5.74) is -0.0504. The molecule has 1 aliphatic rings. The number of likely N-dealkylation sites (N-methyl/N-ethyl adjacent to an activating group) is 1. The number of hydrogen-bond acceptors (Lipinski definition) is 3. The van der Waals surface area contributed by atoms with Gasteiger partial charge in [-0.25, -0.2) is 0 Å². The molecule has 1 heterocycles. The van der Waals surface area contributed by atoms with Crippen LogP contribution in [-0.4, -0.2) is 60.3 Å². The molecule has 78 valence electrons. The molecule has 0 radical (unpaired) electrons. The predicted octanol–water partition coefficient (Wildman–Crippen LogP) is 0.395. The topological polar surface area (TPSA) is 26.7 Å². The smallest absolute Gasteiger partial charge is 0.0610 e. The SMILES string of the molecule is CN1CCCN(C(C)(C)CO)CC1. The van der Waals surface area contributed by atoms with Crippen molar-refractivity contribution in [3.8, 4) is 0 Å². The molecule has 1 rings (SSSR count). The first-order valence-corrected chi connectivity index (χ1v) is 5.11. The highest BCUT2D eigenvalue weighted by Crippen LogP contribution is 2.15. The maximum Gasteiger partial charge on any atom is 0.0610 e. The third kappa shape index (κ3) is 2.93. The summed E-state index contributed by atoms with van der Waals surface area (Å²) in [5, 5.41) is 9.25. The van der Waals surface area contributed by atoms with Crippen molar-refractivity contribution in [2.45, 2.75) is 25.8 Å². The van der Waals surface area contributed by atoms with Gasteiger partial charge in [-0.05, 0) is 33.9 Å². The van der Waals surface area contributed by atoms with Crippen LogP contribution in [0.15, 0.2) is 0 Å². The molecule has 0 unspecified atom stereocenters. The minimum Gasteiger partial charge on any atom is -0.394 e. The molecule has 0 aromatic carbocycles. The zero-order chi connectivity index (χ0) is 9.90. The Morgan fingerprint density at radius 2 is 1.85 bits per heavy atom. The fourth-order valence-corrected chi connectivity index (χ4v) is 1.75. The number of hydrogen-bond donors (Lipinski definition) is 1. The van der Waals surface area contributed by atoms with Crippen molar-refractivity contribution in [1.82, 2.24) is 9.80 Å². The van der Waals surface area contributed by atoms with E-state index in [0.29, 0.717) is 0 Å². The lowest BCUT2D eigenvalue weighted by molar-refractivity contribution is 0.0607. The number of aliphatic hydroxyl groups excluding tert-OH is 1. The van der Waals surface area contributed by atoms with Gasteiger partial charge >= 0.3 is 0 Å². The van der Waals surface area contributed by atoms with E-state index in [1.165, 1.54) is 13.0 Å². The molecule has 0 aromatic rings. The lowest BCUT2D eigenvalue weighted by atomic mass is 10.0. The standard InChI is InChI=1S/C10H22N2O/c1-10(2,9-13)12-6-4-5-11(3)7-8-12/h13H,4-9H2,1-3H3. The van der Waals surface area contributed by atoms with Crippen LogP contribution in [0, 0.1) is 0 Å². The summed E-state index contributed by atoms with van der Waals surface area (Å²) in [4.78, 5) is 4.74. The highest BCUT2D eigenvalue weighted by molar-refractivity contribution is 4.82. The fourth-order valence-electron chi connectivity index (χ4n) is 1.75. The van der Waals surface area contributed by atoms with E-state index in [1.807, 2.05) is 0 Å². The van der Waals surface area contributed by atoms with E-state index in [2.05, 4.69) is 30.7 Å². The van der Waals surface area contributed by atoms with Gasteiger partial charge in [0.05, 0.1) is 6.61 Å². The van der Waals surface area contributed by atoms with Gasteiger partial charge in [-0.1, -0.05) is 0 Å². The second-order valence-corrected chi connectivity index (χ2v) is 4.61. The molecular weight excluding hydrogens is 164 g/mol. The molecule has 0 bridgehead atoms. The van der Waals surface area contributed by atoms with Crippen molar-refractivity contribution in [3.05, 3.63) is 0 Å². The van der Waals surface area contributed by atoms with E-state index in [-0.39, 0.29) is 12.1 Å². The van der Waals surface area contributed by atoms with Gasteiger partial charge in [0.25, 0.3) is 0 Å². The summed E-state index contributed by atoms with van der Waals surface area (Å²) in [7, 11) is 2.16. The quantitative estimate of drug-likeness (QED) is 0.676. The molecule has 0 aromatic heterocycles. The summed E-state index contributed by atoms with van der Waals surface area (Å²) in [6.07, 6.45) is 1.21. The second kappa shape index (κ2) is 4.40. The molecule has 1 fully saturated rings. The van der Waals surface area contributed by atoms with Crippen LogP contribution >= 0.6 is 0 Å². The van der Waals surface area contributed by atoms with Gasteiger partial charge < -0.3 is 10.0 Å². The maximum atomic E-state index is 9.25. The van der Waals surface area contributed by atoms with Crippen LogP contribution < -0.4 is 0 Å². The summed E-state index contributed by atoms with van der Waals surface area (Å²) in [5.74, 6) is 0. The summed E-state index contributed by atoms with van der Waals surface area (Å²) >= 11 is 0. The second-order valence-electron chi connectivity index (χ2n) is 4.61. The van der Waals surface area contributed by atoms with Crippen molar-refractivity contribution in [1.29, 1.82) is 0 Å². The molecule has 0 spiro atoms. The van der Waals surface area contributed by atoms with Gasteiger partial charge in [0.15, 0.2) is 0 Å². The van der Waals surface area contributed by atoms with Crippen molar-refractivity contribution in [2.75, 3.05) is 39.8 Å². The van der Waals surface area contributed by atoms with E-state index < -0.39 is 0 Å². The zero-order valence-electron chi connectivity index (χ0n) is 9.08. The third-order valence-electron chi connectivity index (χ3n) is 2.96. The summed E-state index contributed by atoms with van der Waals surface area (Å²) < 4.78 is 0. The van der Waals surface area contributed by atoms with Crippen LogP contribution in [0.5, 0.6) is 0 Å². The van der Waals surface area contributed by atoms with E-state index in [4.69, 9.17) is 0 Å².